The van der Waals surface area contributed by atoms with E-state index in [2.05, 4.69) is 57.5 Å². The van der Waals surface area contributed by atoms with E-state index >= 15 is 0 Å². The number of fused-ring (bicyclic) bond motifs is 1. The molecule has 6 aliphatic rings. The molecule has 5 fully saturated rings. The van der Waals surface area contributed by atoms with E-state index in [0.717, 1.165) is 75.5 Å². The molecule has 1 aliphatic heterocycles. The molecular formula is C47H59N7O6S. The lowest BCUT2D eigenvalue weighted by Gasteiger charge is -2.72. The Bertz CT molecular complexity index is 2480. The van der Waals surface area contributed by atoms with Crippen molar-refractivity contribution in [2.24, 2.45) is 28.1 Å². The number of H-pyrrole nitrogens is 1. The van der Waals surface area contributed by atoms with E-state index in [1.165, 1.54) is 50.7 Å². The Labute approximate surface area is 358 Å². The van der Waals surface area contributed by atoms with Crippen LogP contribution in [0.4, 0.5) is 17.1 Å². The summed E-state index contributed by atoms with van der Waals surface area (Å²) in [7, 11) is -4.52. The van der Waals surface area contributed by atoms with Gasteiger partial charge in [-0.15, -0.1) is 0 Å². The van der Waals surface area contributed by atoms with E-state index in [1.54, 1.807) is 41.7 Å². The predicted molar refractivity (Wildman–Crippen MR) is 238 cm³/mol. The highest BCUT2D eigenvalue weighted by Gasteiger charge is 2.66. The van der Waals surface area contributed by atoms with Crippen LogP contribution in [0.2, 0.25) is 0 Å². The molecule has 13 nitrogen and oxygen atoms in total. The predicted octanol–water partition coefficient (Wildman–Crippen LogP) is 9.44. The molecule has 1 amide bonds. The normalized spacial score (nSPS) is 26.3. The molecule has 0 radical (unpaired) electrons. The van der Waals surface area contributed by atoms with Gasteiger partial charge in [-0.25, -0.2) is 18.1 Å². The minimum atomic E-state index is -4.52. The minimum absolute atomic E-state index is 0.00290. The highest BCUT2D eigenvalue weighted by Crippen LogP contribution is 2.77. The number of hydrogen-bond acceptors (Lipinski definition) is 10. The summed E-state index contributed by atoms with van der Waals surface area (Å²) in [6.07, 6.45) is 15.4. The summed E-state index contributed by atoms with van der Waals surface area (Å²) in [5.74, 6) is 0.696. The maximum atomic E-state index is 13.9. The number of hydrogen-bond donors (Lipinski definition) is 3. The fraction of sp³-hybridized carbons (Fsp3) is 0.532. The quantitative estimate of drug-likeness (QED) is 0.0671. The van der Waals surface area contributed by atoms with Gasteiger partial charge in [0.25, 0.3) is 21.6 Å². The molecule has 14 heteroatoms. The van der Waals surface area contributed by atoms with E-state index < -0.39 is 20.9 Å². The van der Waals surface area contributed by atoms with Gasteiger partial charge in [0.15, 0.2) is 0 Å². The molecule has 5 aliphatic carbocycles. The fourth-order valence-electron chi connectivity index (χ4n) is 11.2. The average molecular weight is 850 g/mol. The van der Waals surface area contributed by atoms with Crippen LogP contribution in [0.5, 0.6) is 11.5 Å². The molecule has 4 aromatic rings. The number of allylic oxidation sites excluding steroid dienone is 1. The second-order valence-corrected chi connectivity index (χ2v) is 21.7. The van der Waals surface area contributed by atoms with Gasteiger partial charge in [-0.1, -0.05) is 51.7 Å². The van der Waals surface area contributed by atoms with Crippen molar-refractivity contribution < 1.29 is 22.9 Å². The van der Waals surface area contributed by atoms with Crippen LogP contribution in [0.1, 0.15) is 102 Å². The summed E-state index contributed by atoms with van der Waals surface area (Å²) in [6.45, 7) is 14.5. The van der Waals surface area contributed by atoms with Gasteiger partial charge in [-0.2, -0.15) is 0 Å². The van der Waals surface area contributed by atoms with Crippen LogP contribution in [-0.4, -0.2) is 73.4 Å². The molecule has 0 atom stereocenters. The number of nitrogens with one attached hydrogen (secondary N) is 3. The fourth-order valence-corrected chi connectivity index (χ4v) is 12.2. The molecule has 2 aromatic heterocycles. The van der Waals surface area contributed by atoms with E-state index in [4.69, 9.17) is 4.74 Å². The molecule has 2 bridgehead atoms. The van der Waals surface area contributed by atoms with E-state index in [0.29, 0.717) is 46.0 Å². The first-order valence-corrected chi connectivity index (χ1v) is 23.6. The molecule has 0 spiro atoms. The Morgan fingerprint density at radius 3 is 2.48 bits per heavy atom. The molecule has 2 aromatic carbocycles. The second kappa shape index (κ2) is 15.7. The van der Waals surface area contributed by atoms with Crippen molar-refractivity contribution in [1.82, 2.24) is 19.6 Å². The van der Waals surface area contributed by atoms with Crippen molar-refractivity contribution in [3.05, 3.63) is 87.7 Å². The Morgan fingerprint density at radius 1 is 1.00 bits per heavy atom. The highest BCUT2D eigenvalue weighted by atomic mass is 32.2. The third-order valence-corrected chi connectivity index (χ3v) is 15.8. The van der Waals surface area contributed by atoms with E-state index in [-0.39, 0.29) is 27.6 Å². The number of ether oxygens (including phenoxy) is 1. The lowest BCUT2D eigenvalue weighted by Crippen LogP contribution is -2.61. The minimum Gasteiger partial charge on any atom is -0.455 e. The molecule has 1 saturated heterocycles. The van der Waals surface area contributed by atoms with E-state index in [9.17, 15) is 23.3 Å². The molecule has 3 N–H and O–H groups in total. The standard InChI is InChI=1S/C47H59N7O6S/c1-31-5-7-32(8-6-31)25-49-40-12-10-37(23-41(40)54(56)57)61(58,59)51-44(55)38-11-9-35(22-42(38)60-36-21-33-14-16-48-43(33)50-26-36)53-19-17-52(18-20-53)27-34-13-15-45(2,3)24-39(34)47-28-46(4,29-47)30-47/h9-12,14,16,21-23,26,31-32,49H,5-8,13,15,17-20,24-25,27-30H2,1-4H3,(H,48,50)(H,51,55). The Hall–Kier alpha value is -4.95. The van der Waals surface area contributed by atoms with Gasteiger partial charge in [0.2, 0.25) is 0 Å². The van der Waals surface area contributed by atoms with Crippen molar-refractivity contribution >= 4 is 44.0 Å². The Morgan fingerprint density at radius 2 is 1.75 bits per heavy atom. The Balaban J connectivity index is 0.917. The van der Waals surface area contributed by atoms with Crippen molar-refractivity contribution in [2.75, 3.05) is 49.5 Å². The number of aromatic nitrogens is 2. The van der Waals surface area contributed by atoms with Gasteiger partial charge in [0.05, 0.1) is 21.6 Å². The largest absolute Gasteiger partial charge is 0.455 e. The zero-order valence-electron chi connectivity index (χ0n) is 35.9. The number of nitro groups is 1. The van der Waals surface area contributed by atoms with Crippen molar-refractivity contribution in [3.63, 3.8) is 0 Å². The third-order valence-electron chi connectivity index (χ3n) is 14.5. The van der Waals surface area contributed by atoms with Crippen molar-refractivity contribution in [2.45, 2.75) is 96.8 Å². The smallest absolute Gasteiger partial charge is 0.293 e. The zero-order chi connectivity index (χ0) is 42.7. The lowest BCUT2D eigenvalue weighted by atomic mass is 9.33. The van der Waals surface area contributed by atoms with Crippen LogP contribution >= 0.6 is 0 Å². The lowest BCUT2D eigenvalue weighted by molar-refractivity contribution is -0.384. The third kappa shape index (κ3) is 8.49. The van der Waals surface area contributed by atoms with Crippen molar-refractivity contribution in [1.29, 1.82) is 0 Å². The number of benzene rings is 2. The highest BCUT2D eigenvalue weighted by molar-refractivity contribution is 7.90. The monoisotopic (exact) mass is 849 g/mol. The first-order chi connectivity index (χ1) is 29.1. The van der Waals surface area contributed by atoms with Gasteiger partial charge in [0.1, 0.15) is 22.8 Å². The Kier molecular flexibility index (Phi) is 10.7. The first kappa shape index (κ1) is 41.4. The van der Waals surface area contributed by atoms with Gasteiger partial charge >= 0.3 is 0 Å². The van der Waals surface area contributed by atoms with Gasteiger partial charge in [-0.3, -0.25) is 19.8 Å². The van der Waals surface area contributed by atoms with Crippen LogP contribution in [0.3, 0.4) is 0 Å². The maximum Gasteiger partial charge on any atom is 0.293 e. The van der Waals surface area contributed by atoms with Crippen LogP contribution in [-0.2, 0) is 10.0 Å². The number of amides is 1. The number of sulfonamides is 1. The van der Waals surface area contributed by atoms with Crippen molar-refractivity contribution in [3.8, 4) is 11.5 Å². The molecule has 0 unspecified atom stereocenters. The molecule has 61 heavy (non-hydrogen) atoms. The number of nitro benzene ring substituents is 1. The maximum absolute atomic E-state index is 13.9. The molecule has 4 saturated carbocycles. The number of aromatic amines is 1. The number of piperazine rings is 1. The average Bonchev–Trinajstić information content (AvgIpc) is 3.68. The zero-order valence-corrected chi connectivity index (χ0v) is 36.7. The topological polar surface area (TPSA) is 163 Å². The summed E-state index contributed by atoms with van der Waals surface area (Å²) >= 11 is 0. The number of pyridine rings is 1. The summed E-state index contributed by atoms with van der Waals surface area (Å²) in [5.41, 5.74) is 6.25. The summed E-state index contributed by atoms with van der Waals surface area (Å²) in [5, 5.41) is 16.1. The van der Waals surface area contributed by atoms with Crippen LogP contribution in [0.25, 0.3) is 11.0 Å². The molecular weight excluding hydrogens is 791 g/mol. The summed E-state index contributed by atoms with van der Waals surface area (Å²) in [4.78, 5) is 37.5. The van der Waals surface area contributed by atoms with Crippen LogP contribution < -0.4 is 19.7 Å². The molecule has 3 heterocycles. The first-order valence-electron chi connectivity index (χ1n) is 22.1. The van der Waals surface area contributed by atoms with Gasteiger partial charge < -0.3 is 19.9 Å². The van der Waals surface area contributed by atoms with Gasteiger partial charge in [-0.05, 0) is 116 Å². The SMILES string of the molecule is CC1CCC(CNc2ccc(S(=O)(=O)NC(=O)c3ccc(N4CCN(CC5=C(C67CC(C)(C6)C7)CC(C)(C)CC5)CC4)cc3Oc3cnc4[nH]ccc4c3)cc2[N+](=O)[O-])CC1. The molecule has 10 rings (SSSR count). The number of nitrogens with zero attached hydrogens (tertiary/aromatic N) is 4. The number of carbonyl (C=O) groups excluding carboxylic acids is 1. The van der Waals surface area contributed by atoms with Gasteiger partial charge in [0, 0.05) is 68.7 Å². The molecule has 324 valence electrons. The number of anilines is 2. The van der Waals surface area contributed by atoms with Crippen LogP contribution in [0.15, 0.2) is 77.0 Å². The number of rotatable bonds is 13. The summed E-state index contributed by atoms with van der Waals surface area (Å²) < 4.78 is 35.9. The second-order valence-electron chi connectivity index (χ2n) is 20.1. The van der Waals surface area contributed by atoms with Crippen LogP contribution in [0, 0.1) is 38.2 Å². The summed E-state index contributed by atoms with van der Waals surface area (Å²) in [6, 6.07) is 12.5. The number of carbonyl (C=O) groups is 1. The van der Waals surface area contributed by atoms with E-state index in [1.807, 2.05) is 12.1 Å².